The summed E-state index contributed by atoms with van der Waals surface area (Å²) < 4.78 is 36.6. The van der Waals surface area contributed by atoms with Gasteiger partial charge in [0.05, 0.1) is 51.5 Å². The quantitative estimate of drug-likeness (QED) is 0.560. The van der Waals surface area contributed by atoms with E-state index < -0.39 is 22.4 Å². The van der Waals surface area contributed by atoms with Gasteiger partial charge in [0.15, 0.2) is 11.6 Å². The number of carbonyl (C=O) groups is 2. The Morgan fingerprint density at radius 1 is 0.618 bits per heavy atom. The predicted octanol–water partition coefficient (Wildman–Crippen LogP) is 1.61. The van der Waals surface area contributed by atoms with Crippen molar-refractivity contribution >= 4 is 11.9 Å². The molecule has 10 rings (SSSR count). The van der Waals surface area contributed by atoms with Crippen LogP contribution >= 0.6 is 0 Å². The van der Waals surface area contributed by atoms with Crippen LogP contribution in [0.15, 0.2) is 0 Å². The summed E-state index contributed by atoms with van der Waals surface area (Å²) >= 11 is 0. The number of esters is 2. The van der Waals surface area contributed by atoms with Gasteiger partial charge < -0.3 is 28.4 Å². The van der Waals surface area contributed by atoms with E-state index >= 15 is 0 Å². The number of ether oxygens (including phenoxy) is 6. The zero-order chi connectivity index (χ0) is 22.8. The summed E-state index contributed by atoms with van der Waals surface area (Å²) in [6.07, 6.45) is 3.66. The standard InChI is InChI=1S/C26H32O8/c1-29-21(27)25-15-11-3-5-24(33-9-10-34-24)18(11)20-13(15)14-16(26(20,25)22(28)30-2)12-4-6-23(17(12)19(14)25)31-7-8-32-23/h11-20H,3-10H2,1-2H3/t11-,12+,13+,14-,15-,16-,17-,18-,19+,20-,25-,26+/m0/s1. The summed E-state index contributed by atoms with van der Waals surface area (Å²) in [5, 5.41) is 0. The van der Waals surface area contributed by atoms with Gasteiger partial charge in [0.2, 0.25) is 0 Å². The summed E-state index contributed by atoms with van der Waals surface area (Å²) in [6.45, 7) is 2.43. The van der Waals surface area contributed by atoms with Crippen molar-refractivity contribution in [2.24, 2.45) is 70.0 Å². The van der Waals surface area contributed by atoms with Gasteiger partial charge in [0.25, 0.3) is 0 Å². The van der Waals surface area contributed by atoms with Crippen LogP contribution in [0.2, 0.25) is 0 Å². The first-order valence-electron chi connectivity index (χ1n) is 13.3. The van der Waals surface area contributed by atoms with E-state index in [0.29, 0.717) is 50.1 Å². The van der Waals surface area contributed by atoms with Crippen LogP contribution < -0.4 is 0 Å². The molecule has 2 heterocycles. The third-order valence-electron chi connectivity index (χ3n) is 12.8. The normalized spacial score (nSPS) is 59.0. The van der Waals surface area contributed by atoms with E-state index in [9.17, 15) is 9.59 Å². The smallest absolute Gasteiger partial charge is 0.313 e. The van der Waals surface area contributed by atoms with Gasteiger partial charge >= 0.3 is 11.9 Å². The van der Waals surface area contributed by atoms with E-state index in [1.807, 2.05) is 0 Å². The second-order valence-electron chi connectivity index (χ2n) is 12.5. The molecule has 0 radical (unpaired) electrons. The molecule has 2 saturated heterocycles. The monoisotopic (exact) mass is 472 g/mol. The number of hydrogen-bond donors (Lipinski definition) is 0. The number of rotatable bonds is 2. The fourth-order valence-corrected chi connectivity index (χ4v) is 13.3. The Hall–Kier alpha value is -1.22. The lowest BCUT2D eigenvalue weighted by atomic mass is 9.43. The first-order chi connectivity index (χ1) is 16.5. The van der Waals surface area contributed by atoms with E-state index in [-0.39, 0.29) is 47.4 Å². The van der Waals surface area contributed by atoms with Crippen LogP contribution in [0.25, 0.3) is 0 Å². The molecule has 8 bridgehead atoms. The molecule has 0 N–H and O–H groups in total. The predicted molar refractivity (Wildman–Crippen MR) is 112 cm³/mol. The fraction of sp³-hybridized carbons (Fsp3) is 0.923. The molecule has 8 saturated carbocycles. The first-order valence-corrected chi connectivity index (χ1v) is 13.3. The average Bonchev–Trinajstić information content (AvgIpc) is 3.69. The molecular formula is C26H32O8. The lowest BCUT2D eigenvalue weighted by Gasteiger charge is -2.59. The molecule has 34 heavy (non-hydrogen) atoms. The van der Waals surface area contributed by atoms with E-state index in [1.54, 1.807) is 0 Å². The van der Waals surface area contributed by atoms with Gasteiger partial charge in [-0.25, -0.2) is 0 Å². The highest BCUT2D eigenvalue weighted by atomic mass is 16.7. The van der Waals surface area contributed by atoms with Crippen LogP contribution in [0.5, 0.6) is 0 Å². The SMILES string of the molecule is COC(=O)[C@@]12[C@@H]3[C@H]4[C@@H]5[C@@H]1[C@@H]1CCC6(OCCO6)[C@@H]1[C@H]5[C@@]2(C(=O)OC)[C@H]4[C@H]1CCC2(OCCO2)[C@@H]13. The topological polar surface area (TPSA) is 89.5 Å². The molecule has 184 valence electrons. The third-order valence-corrected chi connectivity index (χ3v) is 12.8. The molecule has 0 amide bonds. The van der Waals surface area contributed by atoms with Gasteiger partial charge in [-0.1, -0.05) is 0 Å². The molecule has 2 spiro atoms. The van der Waals surface area contributed by atoms with E-state index in [4.69, 9.17) is 28.4 Å². The molecule has 0 aromatic rings. The van der Waals surface area contributed by atoms with Crippen LogP contribution in [0.4, 0.5) is 0 Å². The van der Waals surface area contributed by atoms with E-state index in [2.05, 4.69) is 0 Å². The zero-order valence-electron chi connectivity index (χ0n) is 19.7. The second-order valence-corrected chi connectivity index (χ2v) is 12.5. The highest BCUT2D eigenvalue weighted by Gasteiger charge is 3.03. The molecule has 8 heteroatoms. The molecule has 2 aliphatic heterocycles. The lowest BCUT2D eigenvalue weighted by Crippen LogP contribution is -2.68. The Labute approximate surface area is 198 Å². The highest BCUT2D eigenvalue weighted by Crippen LogP contribution is 2.98. The number of methoxy groups -OCH3 is 2. The Kier molecular flexibility index (Phi) is 3.33. The van der Waals surface area contributed by atoms with Crippen LogP contribution in [0.3, 0.4) is 0 Å². The van der Waals surface area contributed by atoms with Gasteiger partial charge in [0, 0.05) is 24.7 Å². The van der Waals surface area contributed by atoms with Crippen molar-refractivity contribution in [2.45, 2.75) is 37.3 Å². The summed E-state index contributed by atoms with van der Waals surface area (Å²) in [7, 11) is 2.99. The van der Waals surface area contributed by atoms with Crippen molar-refractivity contribution in [1.82, 2.24) is 0 Å². The first kappa shape index (κ1) is 19.9. The molecule has 10 aliphatic rings. The maximum Gasteiger partial charge on any atom is 0.313 e. The molecule has 8 aliphatic carbocycles. The number of fused-ring (bicyclic) bond motifs is 4. The largest absolute Gasteiger partial charge is 0.469 e. The fourth-order valence-electron chi connectivity index (χ4n) is 13.3. The lowest BCUT2D eigenvalue weighted by molar-refractivity contribution is -0.258. The number of carbonyl (C=O) groups excluding carboxylic acids is 2. The van der Waals surface area contributed by atoms with Gasteiger partial charge in [-0.15, -0.1) is 0 Å². The average molecular weight is 473 g/mol. The van der Waals surface area contributed by atoms with Crippen molar-refractivity contribution in [3.05, 3.63) is 0 Å². The van der Waals surface area contributed by atoms with Crippen molar-refractivity contribution in [3.63, 3.8) is 0 Å². The molecule has 0 unspecified atom stereocenters. The minimum Gasteiger partial charge on any atom is -0.469 e. The van der Waals surface area contributed by atoms with Crippen LogP contribution in [-0.2, 0) is 38.0 Å². The highest BCUT2D eigenvalue weighted by molar-refractivity contribution is 5.94. The van der Waals surface area contributed by atoms with Crippen molar-refractivity contribution in [1.29, 1.82) is 0 Å². The molecule has 8 nitrogen and oxygen atoms in total. The van der Waals surface area contributed by atoms with Gasteiger partial charge in [-0.05, 0) is 60.2 Å². The second kappa shape index (κ2) is 5.68. The van der Waals surface area contributed by atoms with Crippen LogP contribution in [-0.4, -0.2) is 64.2 Å². The van der Waals surface area contributed by atoms with Crippen LogP contribution in [0.1, 0.15) is 25.7 Å². The van der Waals surface area contributed by atoms with Crippen molar-refractivity contribution < 1.29 is 38.0 Å². The van der Waals surface area contributed by atoms with Crippen molar-refractivity contribution in [2.75, 3.05) is 40.6 Å². The van der Waals surface area contributed by atoms with Gasteiger partial charge in [0.1, 0.15) is 0 Å². The van der Waals surface area contributed by atoms with E-state index in [0.717, 1.165) is 25.7 Å². The van der Waals surface area contributed by atoms with E-state index in [1.165, 1.54) is 14.2 Å². The molecule has 12 atom stereocenters. The van der Waals surface area contributed by atoms with Gasteiger partial charge in [-0.2, -0.15) is 0 Å². The molecular weight excluding hydrogens is 440 g/mol. The minimum absolute atomic E-state index is 0.0591. The van der Waals surface area contributed by atoms with Gasteiger partial charge in [-0.3, -0.25) is 9.59 Å². The van der Waals surface area contributed by atoms with Crippen LogP contribution in [0, 0.1) is 70.0 Å². The Balaban J connectivity index is 1.29. The maximum atomic E-state index is 14.2. The van der Waals surface area contributed by atoms with Crippen molar-refractivity contribution in [3.8, 4) is 0 Å². The third kappa shape index (κ3) is 1.53. The Morgan fingerprint density at radius 2 is 1.00 bits per heavy atom. The summed E-state index contributed by atoms with van der Waals surface area (Å²) in [6, 6.07) is 0. The zero-order valence-corrected chi connectivity index (χ0v) is 19.7. The summed E-state index contributed by atoms with van der Waals surface area (Å²) in [5.41, 5.74) is -1.70. The molecule has 0 aromatic carbocycles. The Morgan fingerprint density at radius 3 is 1.35 bits per heavy atom. The molecule has 0 aromatic heterocycles. The summed E-state index contributed by atoms with van der Waals surface area (Å²) in [5.74, 6) is 0.347. The molecule has 10 fully saturated rings. The minimum atomic E-state index is -0.849. The Bertz CT molecular complexity index is 934. The maximum absolute atomic E-state index is 14.2. The number of hydrogen-bond acceptors (Lipinski definition) is 8. The summed E-state index contributed by atoms with van der Waals surface area (Å²) in [4.78, 5) is 28.3.